The Morgan fingerprint density at radius 3 is 2.30 bits per heavy atom. The average Bonchev–Trinajstić information content (AvgIpc) is 3.36. The third kappa shape index (κ3) is 3.67. The molecule has 152 valence electrons. The molecular weight excluding hydrogens is 429 g/mol. The van der Waals surface area contributed by atoms with Gasteiger partial charge in [-0.05, 0) is 48.5 Å². The second-order valence-corrected chi connectivity index (χ2v) is 6.42. The number of aromatic amines is 1. The topological polar surface area (TPSA) is 46.0 Å². The maximum Gasteiger partial charge on any atom is 0.137 e. The van der Waals surface area contributed by atoms with Crippen molar-refractivity contribution in [2.24, 2.45) is 0 Å². The maximum absolute atomic E-state index is 14.3. The average molecular weight is 445 g/mol. The number of nitrogens with one attached hydrogen (secondary N) is 1. The number of halogens is 4. The van der Waals surface area contributed by atoms with Crippen molar-refractivity contribution in [1.29, 1.82) is 0 Å². The fourth-order valence-corrected chi connectivity index (χ4v) is 3.35. The first-order valence-electron chi connectivity index (χ1n) is 8.73. The molecule has 0 aliphatic rings. The Hall–Kier alpha value is -3.22. The van der Waals surface area contributed by atoms with Gasteiger partial charge in [0.05, 0.1) is 17.6 Å². The zero-order valence-corrected chi connectivity index (χ0v) is 17.1. The van der Waals surface area contributed by atoms with Crippen molar-refractivity contribution < 1.29 is 8.78 Å². The Balaban J connectivity index is 0.00000128. The Kier molecular flexibility index (Phi) is 6.20. The summed E-state index contributed by atoms with van der Waals surface area (Å²) in [5, 5.41) is 7.20. The van der Waals surface area contributed by atoms with Gasteiger partial charge in [0, 0.05) is 34.6 Å². The molecule has 0 saturated heterocycles. The molecule has 0 amide bonds. The number of hydrogen-bond acceptors (Lipinski definition) is 2. The number of nitrogens with zero attached hydrogens (tertiary/aromatic N) is 3. The zero-order valence-electron chi connectivity index (χ0n) is 15.4. The minimum absolute atomic E-state index is 0. The molecule has 3 aromatic heterocycles. The fourth-order valence-electron chi connectivity index (χ4n) is 3.35. The van der Waals surface area contributed by atoms with Crippen LogP contribution >= 0.6 is 24.8 Å². The van der Waals surface area contributed by atoms with Crippen molar-refractivity contribution in [2.45, 2.75) is 0 Å². The van der Waals surface area contributed by atoms with E-state index in [0.29, 0.717) is 22.6 Å². The number of benzene rings is 2. The van der Waals surface area contributed by atoms with E-state index in [1.165, 1.54) is 18.2 Å². The van der Waals surface area contributed by atoms with Crippen LogP contribution in [-0.2, 0) is 0 Å². The lowest BCUT2D eigenvalue weighted by atomic mass is 10.0. The summed E-state index contributed by atoms with van der Waals surface area (Å²) in [7, 11) is 0. The number of hydrogen-bond donors (Lipinski definition) is 1. The number of rotatable bonds is 3. The van der Waals surface area contributed by atoms with Crippen LogP contribution in [0, 0.1) is 11.6 Å². The quantitative estimate of drug-likeness (QED) is 0.361. The van der Waals surface area contributed by atoms with E-state index >= 15 is 0 Å². The molecule has 0 radical (unpaired) electrons. The molecular formula is C22H16Cl2F2N4. The van der Waals surface area contributed by atoms with Crippen molar-refractivity contribution >= 4 is 30.5 Å². The third-order valence-corrected chi connectivity index (χ3v) is 4.72. The lowest BCUT2D eigenvalue weighted by Gasteiger charge is -2.07. The van der Waals surface area contributed by atoms with E-state index in [1.807, 2.05) is 22.7 Å². The van der Waals surface area contributed by atoms with Crippen LogP contribution in [0.2, 0.25) is 0 Å². The first kappa shape index (κ1) is 21.5. The molecule has 4 nitrogen and oxygen atoms in total. The summed E-state index contributed by atoms with van der Waals surface area (Å²) in [6, 6.07) is 16.6. The summed E-state index contributed by atoms with van der Waals surface area (Å²) in [6.45, 7) is 0. The van der Waals surface area contributed by atoms with Gasteiger partial charge in [0.1, 0.15) is 17.3 Å². The van der Waals surface area contributed by atoms with Crippen molar-refractivity contribution in [3.05, 3.63) is 90.9 Å². The molecule has 30 heavy (non-hydrogen) atoms. The van der Waals surface area contributed by atoms with Gasteiger partial charge >= 0.3 is 0 Å². The van der Waals surface area contributed by atoms with Crippen LogP contribution in [0.4, 0.5) is 8.78 Å². The molecule has 0 aliphatic heterocycles. The lowest BCUT2D eigenvalue weighted by molar-refractivity contribution is 0.628. The number of H-pyrrole nitrogens is 1. The smallest absolute Gasteiger partial charge is 0.137 e. The van der Waals surface area contributed by atoms with Gasteiger partial charge in [0.25, 0.3) is 0 Å². The van der Waals surface area contributed by atoms with Crippen LogP contribution in [-0.4, -0.2) is 19.6 Å². The zero-order chi connectivity index (χ0) is 19.1. The predicted octanol–water partition coefficient (Wildman–Crippen LogP) is 6.18. The second kappa shape index (κ2) is 8.65. The van der Waals surface area contributed by atoms with E-state index in [-0.39, 0.29) is 36.4 Å². The summed E-state index contributed by atoms with van der Waals surface area (Å²) in [5.74, 6) is -0.597. The van der Waals surface area contributed by atoms with Gasteiger partial charge in [0.2, 0.25) is 0 Å². The summed E-state index contributed by atoms with van der Waals surface area (Å²) in [5.41, 5.74) is 5.14. The van der Waals surface area contributed by atoms with Crippen molar-refractivity contribution in [1.82, 2.24) is 19.6 Å². The summed E-state index contributed by atoms with van der Waals surface area (Å²) in [6.07, 6.45) is 5.36. The molecule has 5 rings (SSSR count). The first-order chi connectivity index (χ1) is 13.7. The number of pyridine rings is 1. The van der Waals surface area contributed by atoms with E-state index in [9.17, 15) is 8.78 Å². The molecule has 0 aliphatic carbocycles. The molecule has 8 heteroatoms. The van der Waals surface area contributed by atoms with Gasteiger partial charge in [-0.2, -0.15) is 5.10 Å². The standard InChI is InChI=1S/C22H14F2N4.2ClH/c23-16-8-5-14(6-9-16)22-18(11-26-27-22)15-7-10-21-25-12-20(28(21)13-15)17-3-1-2-4-19(17)24;;/h1-13H,(H,26,27);2*1H. The van der Waals surface area contributed by atoms with Crippen molar-refractivity contribution in [3.63, 3.8) is 0 Å². The molecule has 5 aromatic rings. The monoisotopic (exact) mass is 444 g/mol. The molecule has 0 unspecified atom stereocenters. The van der Waals surface area contributed by atoms with E-state index in [1.54, 1.807) is 42.7 Å². The highest BCUT2D eigenvalue weighted by Gasteiger charge is 2.14. The van der Waals surface area contributed by atoms with E-state index in [4.69, 9.17) is 0 Å². The Morgan fingerprint density at radius 1 is 0.800 bits per heavy atom. The molecule has 2 aromatic carbocycles. The Bertz CT molecular complexity index is 1300. The molecule has 0 atom stereocenters. The minimum atomic E-state index is -0.301. The van der Waals surface area contributed by atoms with Gasteiger partial charge in [-0.25, -0.2) is 13.8 Å². The summed E-state index contributed by atoms with van der Waals surface area (Å²) < 4.78 is 29.4. The number of fused-ring (bicyclic) bond motifs is 1. The van der Waals surface area contributed by atoms with Gasteiger partial charge in [-0.3, -0.25) is 9.50 Å². The van der Waals surface area contributed by atoms with Crippen LogP contribution in [0.1, 0.15) is 0 Å². The van der Waals surface area contributed by atoms with Crippen molar-refractivity contribution in [3.8, 4) is 33.6 Å². The molecule has 0 spiro atoms. The van der Waals surface area contributed by atoms with Crippen LogP contribution in [0.15, 0.2) is 79.3 Å². The van der Waals surface area contributed by atoms with E-state index < -0.39 is 0 Å². The molecule has 0 saturated carbocycles. The number of imidazole rings is 1. The van der Waals surface area contributed by atoms with E-state index in [0.717, 1.165) is 16.7 Å². The normalized spacial score (nSPS) is 10.5. The first-order valence-corrected chi connectivity index (χ1v) is 8.73. The third-order valence-electron chi connectivity index (χ3n) is 4.72. The molecule has 1 N–H and O–H groups in total. The van der Waals surface area contributed by atoms with Crippen LogP contribution in [0.3, 0.4) is 0 Å². The minimum Gasteiger partial charge on any atom is -0.299 e. The maximum atomic E-state index is 14.3. The fraction of sp³-hybridized carbons (Fsp3) is 0. The molecule has 3 heterocycles. The van der Waals surface area contributed by atoms with Crippen LogP contribution in [0.25, 0.3) is 39.3 Å². The molecule has 0 fully saturated rings. The van der Waals surface area contributed by atoms with Gasteiger partial charge < -0.3 is 0 Å². The Morgan fingerprint density at radius 2 is 1.53 bits per heavy atom. The van der Waals surface area contributed by atoms with Gasteiger partial charge in [-0.1, -0.05) is 12.1 Å². The predicted molar refractivity (Wildman–Crippen MR) is 118 cm³/mol. The molecule has 0 bridgehead atoms. The largest absolute Gasteiger partial charge is 0.299 e. The highest BCUT2D eigenvalue weighted by Crippen LogP contribution is 2.32. The number of aromatic nitrogens is 4. The second-order valence-electron chi connectivity index (χ2n) is 6.42. The Labute approximate surface area is 183 Å². The summed E-state index contributed by atoms with van der Waals surface area (Å²) in [4.78, 5) is 4.38. The highest BCUT2D eigenvalue weighted by atomic mass is 35.5. The highest BCUT2D eigenvalue weighted by molar-refractivity contribution is 5.85. The van der Waals surface area contributed by atoms with Crippen molar-refractivity contribution in [2.75, 3.05) is 0 Å². The van der Waals surface area contributed by atoms with Gasteiger partial charge in [-0.15, -0.1) is 24.8 Å². The van der Waals surface area contributed by atoms with Crippen LogP contribution in [0.5, 0.6) is 0 Å². The van der Waals surface area contributed by atoms with Crippen LogP contribution < -0.4 is 0 Å². The van der Waals surface area contributed by atoms with E-state index in [2.05, 4.69) is 15.2 Å². The summed E-state index contributed by atoms with van der Waals surface area (Å²) >= 11 is 0. The SMILES string of the molecule is Cl.Cl.Fc1ccc(-c2n[nH]cc2-c2ccc3ncc(-c4ccccc4F)n3c2)cc1. The lowest BCUT2D eigenvalue weighted by Crippen LogP contribution is -1.92. The van der Waals surface area contributed by atoms with Gasteiger partial charge in [0.15, 0.2) is 0 Å².